The summed E-state index contributed by atoms with van der Waals surface area (Å²) in [6, 6.07) is 0. The summed E-state index contributed by atoms with van der Waals surface area (Å²) < 4.78 is 0. The van der Waals surface area contributed by atoms with Crippen LogP contribution < -0.4 is 0 Å². The average Bonchev–Trinajstić information content (AvgIpc) is 3.19. The van der Waals surface area contributed by atoms with Crippen molar-refractivity contribution in [2.24, 2.45) is 17.8 Å². The van der Waals surface area contributed by atoms with Crippen molar-refractivity contribution >= 4 is 53.2 Å². The van der Waals surface area contributed by atoms with Gasteiger partial charge >= 0.3 is 17.9 Å². The molecule has 3 heterocycles. The van der Waals surface area contributed by atoms with Gasteiger partial charge in [0, 0.05) is 56.5 Å². The van der Waals surface area contributed by atoms with Gasteiger partial charge in [0.2, 0.25) is 0 Å². The van der Waals surface area contributed by atoms with Crippen molar-refractivity contribution in [1.29, 1.82) is 0 Å². The lowest BCUT2D eigenvalue weighted by Crippen LogP contribution is -2.39. The Bertz CT molecular complexity index is 951. The number of rotatable bonds is 28. The number of hydrogen-bond acceptors (Lipinski definition) is 9. The summed E-state index contributed by atoms with van der Waals surface area (Å²) in [7, 11) is 0. The molecule has 0 spiro atoms. The van der Waals surface area contributed by atoms with Gasteiger partial charge in [0.25, 0.3) is 0 Å². The maximum Gasteiger partial charge on any atom is 0.307 e. The fourth-order valence-corrected chi connectivity index (χ4v) is 10.3. The third kappa shape index (κ3) is 29.2. The molecule has 9 nitrogen and oxygen atoms in total. The molecular formula is C43H83N3O6S3. The van der Waals surface area contributed by atoms with Gasteiger partial charge in [0.15, 0.2) is 0 Å². The maximum absolute atomic E-state index is 11.0. The monoisotopic (exact) mass is 834 g/mol. The predicted molar refractivity (Wildman–Crippen MR) is 239 cm³/mol. The Morgan fingerprint density at radius 1 is 0.436 bits per heavy atom. The van der Waals surface area contributed by atoms with Gasteiger partial charge in [-0.3, -0.25) is 14.4 Å². The molecule has 0 aromatic carbocycles. The third-order valence-electron chi connectivity index (χ3n) is 10.9. The first-order chi connectivity index (χ1) is 26.7. The van der Waals surface area contributed by atoms with Gasteiger partial charge in [0.1, 0.15) is 0 Å². The van der Waals surface area contributed by atoms with E-state index in [1.807, 2.05) is 35.3 Å². The van der Waals surface area contributed by atoms with E-state index in [0.29, 0.717) is 0 Å². The minimum atomic E-state index is -0.620. The molecule has 0 aliphatic carbocycles. The molecule has 3 atom stereocenters. The fourth-order valence-electron chi connectivity index (χ4n) is 7.34. The summed E-state index contributed by atoms with van der Waals surface area (Å²) in [4.78, 5) is 39.8. The van der Waals surface area contributed by atoms with Gasteiger partial charge in [-0.05, 0) is 94.7 Å². The van der Waals surface area contributed by atoms with E-state index in [9.17, 15) is 14.4 Å². The van der Waals surface area contributed by atoms with E-state index in [1.165, 1.54) is 101 Å². The predicted octanol–water partition coefficient (Wildman–Crippen LogP) is 9.68. The summed E-state index contributed by atoms with van der Waals surface area (Å²) in [5.74, 6) is 4.99. The minimum absolute atomic E-state index is 0.131. The van der Waals surface area contributed by atoms with E-state index >= 15 is 0 Å². The van der Waals surface area contributed by atoms with Gasteiger partial charge in [-0.2, -0.15) is 35.3 Å². The number of aliphatic carboxylic acids is 3. The van der Waals surface area contributed by atoms with Crippen molar-refractivity contribution in [1.82, 2.24) is 14.7 Å². The van der Waals surface area contributed by atoms with Crippen molar-refractivity contribution < 1.29 is 29.7 Å². The van der Waals surface area contributed by atoms with E-state index in [1.54, 1.807) is 0 Å². The molecule has 3 rings (SSSR count). The number of hydrogen-bond donors (Lipinski definition) is 3. The van der Waals surface area contributed by atoms with Crippen molar-refractivity contribution in [2.75, 3.05) is 93.4 Å². The van der Waals surface area contributed by atoms with Crippen LogP contribution in [0.15, 0.2) is 0 Å². The lowest BCUT2D eigenvalue weighted by molar-refractivity contribution is -0.144. The SMILES string of the molecule is CCCCCCCCSCCN1CCCC(C(=O)O)C1.CCCCCCSCCN1CCCC(C(=O)O)C1.CCCCCSCCN1CCCC(C(=O)O)C1. The molecule has 3 fully saturated rings. The van der Waals surface area contributed by atoms with Crippen LogP contribution in [0.1, 0.15) is 143 Å². The molecule has 0 radical (unpaired) electrons. The minimum Gasteiger partial charge on any atom is -0.481 e. The van der Waals surface area contributed by atoms with Crippen LogP contribution in [0.25, 0.3) is 0 Å². The Labute approximate surface area is 350 Å². The van der Waals surface area contributed by atoms with E-state index < -0.39 is 17.9 Å². The fraction of sp³-hybridized carbons (Fsp3) is 0.930. The summed E-state index contributed by atoms with van der Waals surface area (Å²) in [5.41, 5.74) is 0. The number of carbonyl (C=O) groups is 3. The van der Waals surface area contributed by atoms with Gasteiger partial charge in [-0.15, -0.1) is 0 Å². The van der Waals surface area contributed by atoms with Crippen LogP contribution in [0.5, 0.6) is 0 Å². The number of likely N-dealkylation sites (tertiary alicyclic amines) is 3. The molecule has 12 heteroatoms. The van der Waals surface area contributed by atoms with Crippen molar-refractivity contribution in [3.8, 4) is 0 Å². The average molecular weight is 834 g/mol. The summed E-state index contributed by atoms with van der Waals surface area (Å²) in [6.07, 6.45) is 23.2. The first-order valence-corrected chi connectivity index (χ1v) is 25.8. The highest BCUT2D eigenvalue weighted by Gasteiger charge is 2.26. The number of piperidine rings is 3. The second-order valence-corrected chi connectivity index (χ2v) is 19.5. The Hall–Kier alpha value is -0.660. The summed E-state index contributed by atoms with van der Waals surface area (Å²) in [6.45, 7) is 15.4. The van der Waals surface area contributed by atoms with Crippen molar-refractivity contribution in [3.63, 3.8) is 0 Å². The van der Waals surface area contributed by atoms with Gasteiger partial charge < -0.3 is 30.0 Å². The summed E-state index contributed by atoms with van der Waals surface area (Å²) in [5, 5.41) is 27.1. The zero-order chi connectivity index (χ0) is 40.4. The molecule has 0 bridgehead atoms. The highest BCUT2D eigenvalue weighted by Crippen LogP contribution is 2.20. The van der Waals surface area contributed by atoms with E-state index in [-0.39, 0.29) is 17.8 Å². The Morgan fingerprint density at radius 2 is 0.709 bits per heavy atom. The zero-order valence-electron chi connectivity index (χ0n) is 35.4. The molecule has 55 heavy (non-hydrogen) atoms. The van der Waals surface area contributed by atoms with Crippen LogP contribution >= 0.6 is 35.3 Å². The molecule has 324 valence electrons. The number of nitrogens with zero attached hydrogens (tertiary/aromatic N) is 3. The van der Waals surface area contributed by atoms with Gasteiger partial charge in [-0.25, -0.2) is 0 Å². The molecule has 3 saturated heterocycles. The largest absolute Gasteiger partial charge is 0.481 e. The second kappa shape index (κ2) is 36.4. The smallest absolute Gasteiger partial charge is 0.307 e. The molecule has 3 aliphatic rings. The first-order valence-electron chi connectivity index (χ1n) is 22.3. The standard InChI is InChI=1S/C16H31NO2S.C14H27NO2S.C13H25NO2S/c1-2-3-4-5-6-7-12-20-13-11-17-10-8-9-15(14-17)16(18)19;1-2-3-4-5-10-18-11-9-15-8-6-7-13(12-15)14(16)17;1-2-3-4-9-17-10-8-14-7-5-6-12(11-14)13(15)16/h15H,2-14H2,1H3,(H,18,19);13H,2-12H2,1H3,(H,16,17);12H,2-11H2,1H3,(H,15,16). The molecule has 0 saturated carbocycles. The molecule has 3 N–H and O–H groups in total. The van der Waals surface area contributed by atoms with Crippen LogP contribution in [0.2, 0.25) is 0 Å². The Balaban J connectivity index is 0.000000414. The topological polar surface area (TPSA) is 122 Å². The highest BCUT2D eigenvalue weighted by atomic mass is 32.2. The Kier molecular flexibility index (Phi) is 34.7. The number of unbranched alkanes of at least 4 members (excludes halogenated alkanes) is 10. The number of thioether (sulfide) groups is 3. The van der Waals surface area contributed by atoms with Crippen LogP contribution in [-0.2, 0) is 14.4 Å². The van der Waals surface area contributed by atoms with Crippen molar-refractivity contribution in [3.05, 3.63) is 0 Å². The van der Waals surface area contributed by atoms with E-state index in [4.69, 9.17) is 15.3 Å². The van der Waals surface area contributed by atoms with E-state index in [2.05, 4.69) is 35.5 Å². The molecule has 0 aromatic heterocycles. The first kappa shape index (κ1) is 52.4. The lowest BCUT2D eigenvalue weighted by atomic mass is 9.98. The normalized spacial score (nSPS) is 20.9. The lowest BCUT2D eigenvalue weighted by Gasteiger charge is -2.30. The Morgan fingerprint density at radius 3 is 1.04 bits per heavy atom. The zero-order valence-corrected chi connectivity index (χ0v) is 37.9. The molecule has 3 aliphatic heterocycles. The van der Waals surface area contributed by atoms with Gasteiger partial charge in [0.05, 0.1) is 17.8 Å². The third-order valence-corrected chi connectivity index (χ3v) is 14.0. The molecule has 3 unspecified atom stereocenters. The van der Waals surface area contributed by atoms with Crippen molar-refractivity contribution in [2.45, 2.75) is 143 Å². The molecule has 0 amide bonds. The number of carboxylic acid groups (broad SMARTS) is 3. The van der Waals surface area contributed by atoms with Crippen LogP contribution in [0.4, 0.5) is 0 Å². The van der Waals surface area contributed by atoms with Gasteiger partial charge in [-0.1, -0.05) is 85.0 Å². The van der Waals surface area contributed by atoms with Crippen LogP contribution in [0, 0.1) is 17.8 Å². The number of carboxylic acids is 3. The van der Waals surface area contributed by atoms with Crippen LogP contribution in [0.3, 0.4) is 0 Å². The maximum atomic E-state index is 11.0. The van der Waals surface area contributed by atoms with E-state index in [0.717, 1.165) is 115 Å². The molecular weight excluding hydrogens is 751 g/mol. The summed E-state index contributed by atoms with van der Waals surface area (Å²) >= 11 is 6.06. The highest BCUT2D eigenvalue weighted by molar-refractivity contribution is 7.99. The second-order valence-electron chi connectivity index (χ2n) is 15.8. The quantitative estimate of drug-likeness (QED) is 0.0651. The van der Waals surface area contributed by atoms with Crippen LogP contribution in [-0.4, -0.2) is 141 Å². The molecule has 0 aromatic rings.